The summed E-state index contributed by atoms with van der Waals surface area (Å²) >= 11 is 5.39. The van der Waals surface area contributed by atoms with Gasteiger partial charge in [-0.1, -0.05) is 70.6 Å². The highest BCUT2D eigenvalue weighted by atomic mass is 35.5. The molecule has 0 radical (unpaired) electrons. The van der Waals surface area contributed by atoms with Gasteiger partial charge in [0.15, 0.2) is 16.7 Å². The Hall–Kier alpha value is -8.03. The first-order chi connectivity index (χ1) is 40.1. The average molecular weight is 1180 g/mol. The number of carbonyl (C=O) groups excluding carboxylic acids is 5. The number of Topliss-reactive ketones (excluding diaryl/α,β-unsaturated/α-hetero) is 3. The molecule has 0 spiro atoms. The molecule has 3 atom stereocenters. The van der Waals surface area contributed by atoms with Crippen molar-refractivity contribution in [2.75, 3.05) is 44.2 Å². The summed E-state index contributed by atoms with van der Waals surface area (Å²) < 4.78 is 10.8. The number of nitriles is 1. The van der Waals surface area contributed by atoms with E-state index in [2.05, 4.69) is 85.4 Å². The minimum atomic E-state index is -0.493. The third kappa shape index (κ3) is 24.2. The lowest BCUT2D eigenvalue weighted by molar-refractivity contribution is -0.120. The molecule has 0 aromatic carbocycles. The van der Waals surface area contributed by atoms with Gasteiger partial charge in [-0.05, 0) is 172 Å². The van der Waals surface area contributed by atoms with Crippen molar-refractivity contribution >= 4 is 58.3 Å². The van der Waals surface area contributed by atoms with Crippen LogP contribution in [0.1, 0.15) is 166 Å². The zero-order chi connectivity index (χ0) is 62.4. The topological polar surface area (TPSA) is 232 Å². The molecule has 3 aliphatic rings. The normalized spacial score (nSPS) is 16.4. The standard InChI is InChI=1S/C20H23N5O.C20H30N2O3.C20H28N2O3.C5H2ClN3/c1-14(2)16-3-4-17(22-12-16)10-19(26)9-15-7-8-25(13-15)20-6-5-18(11-21)23-24-20;2*1-14(2)16-6-7-17(21-12-16)11-18(23)10-15-8-9-22(13-15)19(24)25-20(3,4)5;1-7-5-3-2-4(6)8-9-5/h3-6,12,14-15H,7-10,13H2,1-2H3;6-7,12,14-15H,8-11,13H2,1-5H3;6-7,12,15H,1,8-11,13H2,2-5H3;2-3H/t3*15-;/m111./s1. The number of ether oxygens (including phenoxy) is 2. The van der Waals surface area contributed by atoms with Crippen molar-refractivity contribution in [2.24, 2.45) is 17.8 Å². The lowest BCUT2D eigenvalue weighted by Gasteiger charge is -2.24. The summed E-state index contributed by atoms with van der Waals surface area (Å²) in [4.78, 5) is 82.9. The Morgan fingerprint density at radius 3 is 1.45 bits per heavy atom. The summed E-state index contributed by atoms with van der Waals surface area (Å²) in [6.45, 7) is 36.1. The number of nitrogens with zero attached hydrogens (tertiary/aromatic N) is 12. The van der Waals surface area contributed by atoms with E-state index in [4.69, 9.17) is 32.9 Å². The van der Waals surface area contributed by atoms with E-state index in [0.717, 1.165) is 66.4 Å². The van der Waals surface area contributed by atoms with Gasteiger partial charge in [-0.2, -0.15) is 5.26 Å². The number of amides is 2. The molecule has 8 heterocycles. The van der Waals surface area contributed by atoms with Crippen LogP contribution in [-0.2, 0) is 43.1 Å². The zero-order valence-electron chi connectivity index (χ0n) is 51.3. The number of likely N-dealkylation sites (tertiary alicyclic amines) is 2. The second-order valence-corrected chi connectivity index (χ2v) is 24.9. The lowest BCUT2D eigenvalue weighted by atomic mass is 9.99. The summed E-state index contributed by atoms with van der Waals surface area (Å²) in [5.74, 6) is 3.24. The molecule has 2 amide bonds. The van der Waals surface area contributed by atoms with Gasteiger partial charge in [-0.3, -0.25) is 29.3 Å². The van der Waals surface area contributed by atoms with E-state index in [1.165, 1.54) is 23.3 Å². The highest BCUT2D eigenvalue weighted by molar-refractivity contribution is 6.29. The van der Waals surface area contributed by atoms with Crippen LogP contribution < -0.4 is 4.90 Å². The number of pyridine rings is 3. The molecule has 0 aliphatic carbocycles. The predicted octanol–water partition coefficient (Wildman–Crippen LogP) is 12.4. The molecule has 19 nitrogen and oxygen atoms in total. The maximum atomic E-state index is 12.4. The van der Waals surface area contributed by atoms with Gasteiger partial charge in [0.2, 0.25) is 0 Å². The van der Waals surface area contributed by atoms with E-state index in [-0.39, 0.29) is 47.2 Å². The Morgan fingerprint density at radius 2 is 1.09 bits per heavy atom. The van der Waals surface area contributed by atoms with Crippen molar-refractivity contribution in [1.29, 1.82) is 5.26 Å². The Morgan fingerprint density at radius 1 is 0.635 bits per heavy atom. The zero-order valence-corrected chi connectivity index (χ0v) is 52.1. The summed E-state index contributed by atoms with van der Waals surface area (Å²) in [5.41, 5.74) is 6.08. The van der Waals surface area contributed by atoms with Crippen LogP contribution in [0.15, 0.2) is 85.8 Å². The molecule has 452 valence electrons. The minimum absolute atomic E-state index is 0.159. The van der Waals surface area contributed by atoms with Crippen LogP contribution in [0.2, 0.25) is 5.15 Å². The number of aromatic nitrogens is 7. The molecule has 0 N–H and O–H groups in total. The number of anilines is 1. The van der Waals surface area contributed by atoms with E-state index < -0.39 is 11.2 Å². The molecule has 85 heavy (non-hydrogen) atoms. The second-order valence-electron chi connectivity index (χ2n) is 24.5. The van der Waals surface area contributed by atoms with Crippen molar-refractivity contribution in [2.45, 2.75) is 157 Å². The molecular formula is C65H83ClN12O7. The highest BCUT2D eigenvalue weighted by Crippen LogP contribution is 2.27. The van der Waals surface area contributed by atoms with Gasteiger partial charge < -0.3 is 29.0 Å². The Bertz CT molecular complexity index is 3090. The Balaban J connectivity index is 0.000000217. The fourth-order valence-corrected chi connectivity index (χ4v) is 9.55. The van der Waals surface area contributed by atoms with Crippen LogP contribution in [0.3, 0.4) is 0 Å². The molecule has 3 saturated heterocycles. The molecule has 0 bridgehead atoms. The van der Waals surface area contributed by atoms with Crippen molar-refractivity contribution in [3.63, 3.8) is 0 Å². The van der Waals surface area contributed by atoms with Gasteiger partial charge in [0.05, 0.1) is 0 Å². The second kappa shape index (κ2) is 32.3. The first-order valence-electron chi connectivity index (χ1n) is 29.0. The van der Waals surface area contributed by atoms with Crippen molar-refractivity contribution in [3.05, 3.63) is 142 Å². The van der Waals surface area contributed by atoms with Gasteiger partial charge in [-0.15, -0.1) is 10.2 Å². The van der Waals surface area contributed by atoms with Crippen molar-refractivity contribution in [3.8, 4) is 6.07 Å². The molecule has 0 saturated carbocycles. The predicted molar refractivity (Wildman–Crippen MR) is 328 cm³/mol. The monoisotopic (exact) mass is 1180 g/mol. The third-order valence-corrected chi connectivity index (χ3v) is 14.2. The molecule has 5 aromatic rings. The van der Waals surface area contributed by atoms with Crippen LogP contribution in [0.25, 0.3) is 10.4 Å². The van der Waals surface area contributed by atoms with Gasteiger partial charge >= 0.3 is 12.2 Å². The van der Waals surface area contributed by atoms with Crippen LogP contribution in [0.4, 0.5) is 21.2 Å². The quantitative estimate of drug-likeness (QED) is 0.0836. The first-order valence-corrected chi connectivity index (χ1v) is 29.4. The number of ketones is 3. The number of allylic oxidation sites excluding steroid dienone is 1. The summed E-state index contributed by atoms with van der Waals surface area (Å²) in [5, 5.41) is 24.0. The SMILES string of the molecule is C=C(C)c1ccc(CC(=O)C[C@H]2CCN(C(=O)OC(C)(C)C)C2)nc1.CC(C)c1ccc(CC(=O)C[C@H]2CCN(C(=O)OC(C)(C)C)C2)nc1.CC(C)c1ccc(CC(=O)C[C@H]2CCN(c3ccc(C#N)nn3)C2)nc1.[C-]#[N+]c1ccc(Cl)nn1. The Labute approximate surface area is 506 Å². The highest BCUT2D eigenvalue weighted by Gasteiger charge is 2.33. The van der Waals surface area contributed by atoms with Crippen LogP contribution in [-0.4, -0.2) is 125 Å². The van der Waals surface area contributed by atoms with Gasteiger partial charge in [-0.25, -0.2) is 9.59 Å². The molecule has 8 rings (SSSR count). The van der Waals surface area contributed by atoms with Crippen molar-refractivity contribution in [1.82, 2.24) is 45.1 Å². The number of rotatable bonds is 16. The summed E-state index contributed by atoms with van der Waals surface area (Å²) in [7, 11) is 0. The molecular weight excluding hydrogens is 1100 g/mol. The minimum Gasteiger partial charge on any atom is -0.444 e. The van der Waals surface area contributed by atoms with E-state index in [1.54, 1.807) is 22.1 Å². The largest absolute Gasteiger partial charge is 0.444 e. The fourth-order valence-electron chi connectivity index (χ4n) is 9.45. The van der Waals surface area contributed by atoms with Gasteiger partial charge in [0.1, 0.15) is 34.6 Å². The van der Waals surface area contributed by atoms with Crippen LogP contribution in [0, 0.1) is 35.7 Å². The van der Waals surface area contributed by atoms with Crippen LogP contribution >= 0.6 is 11.6 Å². The average Bonchev–Trinajstić information content (AvgIpc) is 4.46. The number of hydrogen-bond donors (Lipinski definition) is 0. The molecule has 0 unspecified atom stereocenters. The lowest BCUT2D eigenvalue weighted by Crippen LogP contribution is -2.35. The summed E-state index contributed by atoms with van der Waals surface area (Å²) in [6.07, 6.45) is 10.2. The van der Waals surface area contributed by atoms with E-state index >= 15 is 0 Å². The molecule has 3 aliphatic heterocycles. The number of carbonyl (C=O) groups is 5. The molecule has 3 fully saturated rings. The maximum Gasteiger partial charge on any atom is 0.410 e. The fraction of sp³-hybridized carbons (Fsp3) is 0.508. The number of halogens is 1. The van der Waals surface area contributed by atoms with E-state index in [9.17, 15) is 24.0 Å². The van der Waals surface area contributed by atoms with Gasteiger partial charge in [0, 0.05) is 113 Å². The number of hydrogen-bond acceptors (Lipinski definition) is 16. The van der Waals surface area contributed by atoms with Crippen LogP contribution in [0.5, 0.6) is 0 Å². The smallest absolute Gasteiger partial charge is 0.410 e. The third-order valence-electron chi connectivity index (χ3n) is 14.0. The summed E-state index contributed by atoms with van der Waals surface area (Å²) in [6, 6.07) is 20.3. The first kappa shape index (κ1) is 67.8. The molecule has 5 aromatic heterocycles. The van der Waals surface area contributed by atoms with Gasteiger partial charge in [0.25, 0.3) is 5.82 Å². The molecule has 20 heteroatoms. The van der Waals surface area contributed by atoms with E-state index in [1.807, 2.05) is 103 Å². The van der Waals surface area contributed by atoms with E-state index in [0.29, 0.717) is 93.3 Å². The maximum absolute atomic E-state index is 12.4. The van der Waals surface area contributed by atoms with Crippen molar-refractivity contribution < 1.29 is 33.4 Å². The Kier molecular flexibility index (Phi) is 25.8.